The number of rotatable bonds is 6. The van der Waals surface area contributed by atoms with E-state index in [4.69, 9.17) is 16.1 Å². The van der Waals surface area contributed by atoms with E-state index in [2.05, 4.69) is 10.5 Å². The Morgan fingerprint density at radius 1 is 1.65 bits per heavy atom. The molecule has 17 heavy (non-hydrogen) atoms. The van der Waals surface area contributed by atoms with Gasteiger partial charge in [0.2, 0.25) is 11.1 Å². The standard InChI is InChI=1S/C11H17ClN2O3/c1-3-4-8(15)6-13-10(16)5-9-7(2)14-17-11(9)12/h8,15H,3-6H2,1-2H3,(H,13,16). The third-order valence-corrected chi connectivity index (χ3v) is 2.73. The van der Waals surface area contributed by atoms with Crippen LogP contribution in [0.5, 0.6) is 0 Å². The molecule has 1 heterocycles. The van der Waals surface area contributed by atoms with Crippen molar-refractivity contribution in [1.29, 1.82) is 0 Å². The Bertz CT molecular complexity index is 359. The van der Waals surface area contributed by atoms with Crippen molar-refractivity contribution in [2.75, 3.05) is 6.54 Å². The Kier molecular flexibility index (Phi) is 5.44. The van der Waals surface area contributed by atoms with E-state index in [9.17, 15) is 9.90 Å². The van der Waals surface area contributed by atoms with Crippen LogP contribution in [-0.4, -0.2) is 28.8 Å². The first-order valence-electron chi connectivity index (χ1n) is 5.60. The average molecular weight is 261 g/mol. The summed E-state index contributed by atoms with van der Waals surface area (Å²) in [5.74, 6) is -0.201. The van der Waals surface area contributed by atoms with Crippen LogP contribution in [0.1, 0.15) is 31.0 Å². The van der Waals surface area contributed by atoms with E-state index in [1.807, 2.05) is 6.92 Å². The minimum atomic E-state index is -0.497. The number of aliphatic hydroxyl groups excluding tert-OH is 1. The number of hydrogen-bond donors (Lipinski definition) is 2. The maximum absolute atomic E-state index is 11.6. The van der Waals surface area contributed by atoms with Gasteiger partial charge in [0.25, 0.3) is 0 Å². The summed E-state index contributed by atoms with van der Waals surface area (Å²) in [7, 11) is 0. The van der Waals surface area contributed by atoms with E-state index >= 15 is 0 Å². The van der Waals surface area contributed by atoms with E-state index in [0.29, 0.717) is 17.7 Å². The maximum atomic E-state index is 11.6. The fourth-order valence-corrected chi connectivity index (χ4v) is 1.69. The van der Waals surface area contributed by atoms with Gasteiger partial charge >= 0.3 is 0 Å². The van der Waals surface area contributed by atoms with Gasteiger partial charge in [0.15, 0.2) is 0 Å². The molecule has 1 aromatic heterocycles. The van der Waals surface area contributed by atoms with Crippen molar-refractivity contribution in [1.82, 2.24) is 10.5 Å². The Hall–Kier alpha value is -1.07. The molecule has 0 aliphatic heterocycles. The molecule has 2 N–H and O–H groups in total. The van der Waals surface area contributed by atoms with Crippen molar-refractivity contribution in [2.45, 2.75) is 39.2 Å². The van der Waals surface area contributed by atoms with Crippen LogP contribution in [0.15, 0.2) is 4.52 Å². The van der Waals surface area contributed by atoms with Crippen molar-refractivity contribution in [3.63, 3.8) is 0 Å². The summed E-state index contributed by atoms with van der Waals surface area (Å²) in [5.41, 5.74) is 1.20. The summed E-state index contributed by atoms with van der Waals surface area (Å²) in [4.78, 5) is 11.6. The van der Waals surface area contributed by atoms with E-state index < -0.39 is 6.10 Å². The van der Waals surface area contributed by atoms with Gasteiger partial charge in [0, 0.05) is 12.1 Å². The van der Waals surface area contributed by atoms with Gasteiger partial charge < -0.3 is 14.9 Å². The van der Waals surface area contributed by atoms with Gasteiger partial charge in [0.05, 0.1) is 18.2 Å². The average Bonchev–Trinajstić information content (AvgIpc) is 2.58. The zero-order valence-electron chi connectivity index (χ0n) is 9.99. The van der Waals surface area contributed by atoms with Crippen LogP contribution in [0.4, 0.5) is 0 Å². The fourth-order valence-electron chi connectivity index (χ4n) is 1.45. The predicted molar refractivity (Wildman–Crippen MR) is 63.9 cm³/mol. The van der Waals surface area contributed by atoms with Crippen LogP contribution < -0.4 is 5.32 Å². The second-order valence-corrected chi connectivity index (χ2v) is 4.29. The molecule has 1 amide bonds. The van der Waals surface area contributed by atoms with Crippen molar-refractivity contribution < 1.29 is 14.4 Å². The molecule has 0 bridgehead atoms. The highest BCUT2D eigenvalue weighted by Gasteiger charge is 2.15. The normalized spacial score (nSPS) is 12.5. The fraction of sp³-hybridized carbons (Fsp3) is 0.636. The van der Waals surface area contributed by atoms with Crippen LogP contribution in [-0.2, 0) is 11.2 Å². The molecule has 0 radical (unpaired) electrons. The molecule has 6 heteroatoms. The summed E-state index contributed by atoms with van der Waals surface area (Å²) in [6, 6.07) is 0. The Balaban J connectivity index is 2.40. The number of amides is 1. The number of aliphatic hydroxyl groups is 1. The highest BCUT2D eigenvalue weighted by Crippen LogP contribution is 2.19. The van der Waals surface area contributed by atoms with Crippen molar-refractivity contribution >= 4 is 17.5 Å². The van der Waals surface area contributed by atoms with Gasteiger partial charge in [-0.2, -0.15) is 0 Å². The van der Waals surface area contributed by atoms with Gasteiger partial charge in [-0.15, -0.1) is 0 Å². The minimum absolute atomic E-state index is 0.118. The third-order valence-electron chi connectivity index (χ3n) is 2.43. The number of hydrogen-bond acceptors (Lipinski definition) is 4. The quantitative estimate of drug-likeness (QED) is 0.812. The molecule has 5 nitrogen and oxygen atoms in total. The minimum Gasteiger partial charge on any atom is -0.391 e. The van der Waals surface area contributed by atoms with E-state index in [-0.39, 0.29) is 24.1 Å². The highest BCUT2D eigenvalue weighted by molar-refractivity contribution is 6.29. The molecule has 96 valence electrons. The number of halogens is 1. The lowest BCUT2D eigenvalue weighted by Gasteiger charge is -2.10. The Morgan fingerprint density at radius 2 is 2.35 bits per heavy atom. The summed E-state index contributed by atoms with van der Waals surface area (Å²) in [6.07, 6.45) is 1.18. The third kappa shape index (κ3) is 4.36. The van der Waals surface area contributed by atoms with E-state index in [1.54, 1.807) is 6.92 Å². The molecule has 0 aliphatic rings. The van der Waals surface area contributed by atoms with Crippen molar-refractivity contribution in [3.05, 3.63) is 16.5 Å². The summed E-state index contributed by atoms with van der Waals surface area (Å²) in [5, 5.41) is 15.9. The number of aromatic nitrogens is 1. The van der Waals surface area contributed by atoms with Crippen LogP contribution in [0.25, 0.3) is 0 Å². The van der Waals surface area contributed by atoms with Gasteiger partial charge in [-0.3, -0.25) is 4.79 Å². The molecular weight excluding hydrogens is 244 g/mol. The lowest BCUT2D eigenvalue weighted by atomic mass is 10.1. The number of carbonyl (C=O) groups is 1. The zero-order valence-corrected chi connectivity index (χ0v) is 10.8. The smallest absolute Gasteiger partial charge is 0.229 e. The lowest BCUT2D eigenvalue weighted by Crippen LogP contribution is -2.33. The van der Waals surface area contributed by atoms with Crippen LogP contribution in [0, 0.1) is 6.92 Å². The second kappa shape index (κ2) is 6.61. The topological polar surface area (TPSA) is 75.4 Å². The molecular formula is C11H17ClN2O3. The summed E-state index contributed by atoms with van der Waals surface area (Å²) < 4.78 is 4.75. The zero-order chi connectivity index (χ0) is 12.8. The second-order valence-electron chi connectivity index (χ2n) is 3.94. The molecule has 1 aromatic rings. The summed E-state index contributed by atoms with van der Waals surface area (Å²) >= 11 is 5.74. The van der Waals surface area contributed by atoms with E-state index in [0.717, 1.165) is 6.42 Å². The molecule has 0 saturated heterocycles. The van der Waals surface area contributed by atoms with Gasteiger partial charge in [-0.1, -0.05) is 18.5 Å². The Labute approximate surface area is 105 Å². The first kappa shape index (κ1) is 14.0. The molecule has 0 saturated carbocycles. The molecule has 0 fully saturated rings. The first-order chi connectivity index (χ1) is 8.04. The lowest BCUT2D eigenvalue weighted by molar-refractivity contribution is -0.120. The molecule has 0 aromatic carbocycles. The van der Waals surface area contributed by atoms with Crippen LogP contribution in [0.2, 0.25) is 5.22 Å². The van der Waals surface area contributed by atoms with Gasteiger partial charge in [-0.25, -0.2) is 0 Å². The van der Waals surface area contributed by atoms with Crippen molar-refractivity contribution in [3.8, 4) is 0 Å². The van der Waals surface area contributed by atoms with E-state index in [1.165, 1.54) is 0 Å². The Morgan fingerprint density at radius 3 is 2.88 bits per heavy atom. The van der Waals surface area contributed by atoms with Gasteiger partial charge in [-0.05, 0) is 24.9 Å². The number of carbonyl (C=O) groups excluding carboxylic acids is 1. The number of nitrogens with one attached hydrogen (secondary N) is 1. The molecule has 1 atom stereocenters. The van der Waals surface area contributed by atoms with Crippen LogP contribution in [0.3, 0.4) is 0 Å². The number of nitrogens with zero attached hydrogens (tertiary/aromatic N) is 1. The summed E-state index contributed by atoms with van der Waals surface area (Å²) in [6.45, 7) is 3.96. The SMILES string of the molecule is CCCC(O)CNC(=O)Cc1c(C)noc1Cl. The molecule has 1 unspecified atom stereocenters. The highest BCUT2D eigenvalue weighted by atomic mass is 35.5. The maximum Gasteiger partial charge on any atom is 0.229 e. The van der Waals surface area contributed by atoms with Gasteiger partial charge in [0.1, 0.15) is 0 Å². The predicted octanol–water partition coefficient (Wildman–Crippen LogP) is 1.46. The molecule has 0 spiro atoms. The number of aryl methyl sites for hydroxylation is 1. The molecule has 0 aliphatic carbocycles. The largest absolute Gasteiger partial charge is 0.391 e. The van der Waals surface area contributed by atoms with Crippen LogP contribution >= 0.6 is 11.6 Å². The molecule has 1 rings (SSSR count). The van der Waals surface area contributed by atoms with Crippen molar-refractivity contribution in [2.24, 2.45) is 0 Å². The first-order valence-corrected chi connectivity index (χ1v) is 5.97. The monoisotopic (exact) mass is 260 g/mol.